The van der Waals surface area contributed by atoms with Crippen LogP contribution in [0.2, 0.25) is 5.02 Å². The van der Waals surface area contributed by atoms with E-state index in [-0.39, 0.29) is 17.1 Å². The van der Waals surface area contributed by atoms with Crippen molar-refractivity contribution in [2.24, 2.45) is 0 Å². The number of methoxy groups -OCH3 is 1. The number of anilines is 1. The number of carbonyl (C=O) groups is 1. The second-order valence-corrected chi connectivity index (χ2v) is 5.50. The Morgan fingerprint density at radius 2 is 1.83 bits per heavy atom. The second-order valence-electron chi connectivity index (χ2n) is 5.09. The highest BCUT2D eigenvalue weighted by atomic mass is 35.5. The molecule has 0 heterocycles. The van der Waals surface area contributed by atoms with Crippen LogP contribution in [0.3, 0.4) is 0 Å². The lowest BCUT2D eigenvalue weighted by Crippen LogP contribution is -2.14. The number of ether oxygens (including phenoxy) is 1. The number of hydrogen-bond donors (Lipinski definition) is 1. The molecule has 1 amide bonds. The van der Waals surface area contributed by atoms with Crippen LogP contribution in [0.1, 0.15) is 17.5 Å². The molecule has 24 heavy (non-hydrogen) atoms. The standard InChI is InChI=1S/C17H15ClF3NO2/c1-24-13-6-2-11(3-7-13)4-9-16(23)22-15-10-12(17(19,20)21)5-8-14(15)18/h2-3,5-8,10H,4,9H2,1H3,(H,22,23). The first-order valence-corrected chi connectivity index (χ1v) is 7.47. The van der Waals surface area contributed by atoms with Gasteiger partial charge in [-0.2, -0.15) is 13.2 Å². The number of benzene rings is 2. The summed E-state index contributed by atoms with van der Waals surface area (Å²) in [4.78, 5) is 11.9. The van der Waals surface area contributed by atoms with Crippen LogP contribution in [0.15, 0.2) is 42.5 Å². The summed E-state index contributed by atoms with van der Waals surface area (Å²) < 4.78 is 43.1. The largest absolute Gasteiger partial charge is 0.497 e. The zero-order chi connectivity index (χ0) is 17.7. The van der Waals surface area contributed by atoms with Crippen LogP contribution in [0.25, 0.3) is 0 Å². The summed E-state index contributed by atoms with van der Waals surface area (Å²) in [6.45, 7) is 0. The van der Waals surface area contributed by atoms with Crippen molar-refractivity contribution in [1.82, 2.24) is 0 Å². The van der Waals surface area contributed by atoms with E-state index in [1.54, 1.807) is 19.2 Å². The normalized spacial score (nSPS) is 11.2. The van der Waals surface area contributed by atoms with Crippen molar-refractivity contribution in [1.29, 1.82) is 0 Å². The fourth-order valence-corrected chi connectivity index (χ4v) is 2.22. The van der Waals surface area contributed by atoms with Crippen LogP contribution < -0.4 is 10.1 Å². The summed E-state index contributed by atoms with van der Waals surface area (Å²) >= 11 is 5.84. The summed E-state index contributed by atoms with van der Waals surface area (Å²) in [6.07, 6.45) is -3.92. The molecule has 0 bridgehead atoms. The molecule has 2 aromatic carbocycles. The molecule has 0 aliphatic carbocycles. The fraction of sp³-hybridized carbons (Fsp3) is 0.235. The lowest BCUT2D eigenvalue weighted by atomic mass is 10.1. The van der Waals surface area contributed by atoms with Gasteiger partial charge in [-0.05, 0) is 42.3 Å². The molecule has 0 saturated heterocycles. The average molecular weight is 358 g/mol. The minimum Gasteiger partial charge on any atom is -0.497 e. The van der Waals surface area contributed by atoms with Gasteiger partial charge in [0.1, 0.15) is 5.75 Å². The van der Waals surface area contributed by atoms with Gasteiger partial charge in [0, 0.05) is 6.42 Å². The highest BCUT2D eigenvalue weighted by molar-refractivity contribution is 6.33. The lowest BCUT2D eigenvalue weighted by molar-refractivity contribution is -0.137. The molecule has 7 heteroatoms. The third kappa shape index (κ3) is 4.89. The van der Waals surface area contributed by atoms with Gasteiger partial charge in [0.15, 0.2) is 0 Å². The lowest BCUT2D eigenvalue weighted by Gasteiger charge is -2.11. The van der Waals surface area contributed by atoms with Crippen molar-refractivity contribution in [2.75, 3.05) is 12.4 Å². The van der Waals surface area contributed by atoms with Gasteiger partial charge in [0.2, 0.25) is 5.91 Å². The van der Waals surface area contributed by atoms with Gasteiger partial charge in [0.05, 0.1) is 23.4 Å². The maximum atomic E-state index is 12.7. The number of halogens is 4. The molecular formula is C17H15ClF3NO2. The Bertz CT molecular complexity index is 715. The maximum Gasteiger partial charge on any atom is 0.416 e. The summed E-state index contributed by atoms with van der Waals surface area (Å²) in [5, 5.41) is 2.48. The molecule has 0 fully saturated rings. The molecule has 0 saturated carbocycles. The number of hydrogen-bond acceptors (Lipinski definition) is 2. The van der Waals surface area contributed by atoms with E-state index < -0.39 is 17.6 Å². The van der Waals surface area contributed by atoms with Gasteiger partial charge < -0.3 is 10.1 Å². The smallest absolute Gasteiger partial charge is 0.416 e. The van der Waals surface area contributed by atoms with Crippen molar-refractivity contribution >= 4 is 23.2 Å². The molecule has 0 unspecified atom stereocenters. The van der Waals surface area contributed by atoms with Gasteiger partial charge in [-0.15, -0.1) is 0 Å². The van der Waals surface area contributed by atoms with Gasteiger partial charge >= 0.3 is 6.18 Å². The van der Waals surface area contributed by atoms with E-state index >= 15 is 0 Å². The van der Waals surface area contributed by atoms with E-state index in [1.165, 1.54) is 0 Å². The van der Waals surface area contributed by atoms with Crippen molar-refractivity contribution < 1.29 is 22.7 Å². The second kappa shape index (κ2) is 7.57. The average Bonchev–Trinajstić information content (AvgIpc) is 2.54. The molecule has 128 valence electrons. The van der Waals surface area contributed by atoms with Crippen LogP contribution in [0, 0.1) is 0 Å². The number of amides is 1. The number of rotatable bonds is 5. The summed E-state index contributed by atoms with van der Waals surface area (Å²) in [5.41, 5.74) is 0.00432. The van der Waals surface area contributed by atoms with Crippen LogP contribution >= 0.6 is 11.6 Å². The highest BCUT2D eigenvalue weighted by Crippen LogP contribution is 2.33. The minimum absolute atomic E-state index is 0.0498. The zero-order valence-corrected chi connectivity index (χ0v) is 13.5. The molecule has 0 atom stereocenters. The molecule has 2 aromatic rings. The Morgan fingerprint density at radius 3 is 2.42 bits per heavy atom. The van der Waals surface area contributed by atoms with Crippen molar-refractivity contribution in [3.8, 4) is 5.75 Å². The van der Waals surface area contributed by atoms with Gasteiger partial charge in [0.25, 0.3) is 0 Å². The monoisotopic (exact) mass is 357 g/mol. The molecule has 1 N–H and O–H groups in total. The summed E-state index contributed by atoms with van der Waals surface area (Å²) in [6, 6.07) is 10.0. The quantitative estimate of drug-likeness (QED) is 0.823. The molecule has 0 aliphatic rings. The van der Waals surface area contributed by atoms with Crippen molar-refractivity contribution in [2.45, 2.75) is 19.0 Å². The highest BCUT2D eigenvalue weighted by Gasteiger charge is 2.31. The van der Waals surface area contributed by atoms with Gasteiger partial charge in [-0.25, -0.2) is 0 Å². The summed E-state index contributed by atoms with van der Waals surface area (Å²) in [7, 11) is 1.56. The van der Waals surface area contributed by atoms with Crippen molar-refractivity contribution in [3.05, 3.63) is 58.6 Å². The van der Waals surface area contributed by atoms with E-state index in [9.17, 15) is 18.0 Å². The molecule has 0 spiro atoms. The zero-order valence-electron chi connectivity index (χ0n) is 12.8. The Morgan fingerprint density at radius 1 is 1.17 bits per heavy atom. The van der Waals surface area contributed by atoms with Crippen LogP contribution in [0.5, 0.6) is 5.75 Å². The molecule has 0 aromatic heterocycles. The first-order chi connectivity index (χ1) is 11.3. The Labute approximate surface area is 142 Å². The molecule has 2 rings (SSSR count). The molecular weight excluding hydrogens is 343 g/mol. The Balaban J connectivity index is 1.99. The third-order valence-electron chi connectivity index (χ3n) is 3.37. The predicted molar refractivity (Wildman–Crippen MR) is 86.4 cm³/mol. The van der Waals surface area contributed by atoms with Crippen LogP contribution in [-0.4, -0.2) is 13.0 Å². The third-order valence-corrected chi connectivity index (χ3v) is 3.70. The fourth-order valence-electron chi connectivity index (χ4n) is 2.06. The van der Waals surface area contributed by atoms with Gasteiger partial charge in [-0.3, -0.25) is 4.79 Å². The van der Waals surface area contributed by atoms with E-state index in [0.717, 1.165) is 23.8 Å². The topological polar surface area (TPSA) is 38.3 Å². The number of aryl methyl sites for hydroxylation is 1. The van der Waals surface area contributed by atoms with E-state index in [0.29, 0.717) is 12.2 Å². The molecule has 0 radical (unpaired) electrons. The molecule has 3 nitrogen and oxygen atoms in total. The number of alkyl halides is 3. The van der Waals surface area contributed by atoms with Gasteiger partial charge in [-0.1, -0.05) is 23.7 Å². The number of nitrogens with one attached hydrogen (secondary N) is 1. The van der Waals surface area contributed by atoms with Crippen molar-refractivity contribution in [3.63, 3.8) is 0 Å². The predicted octanol–water partition coefficient (Wildman–Crippen LogP) is 4.94. The SMILES string of the molecule is COc1ccc(CCC(=O)Nc2cc(C(F)(F)F)ccc2Cl)cc1. The summed E-state index contributed by atoms with van der Waals surface area (Å²) in [5.74, 6) is 0.297. The van der Waals surface area contributed by atoms with Crippen LogP contribution in [-0.2, 0) is 17.4 Å². The Kier molecular flexibility index (Phi) is 5.72. The maximum absolute atomic E-state index is 12.7. The first kappa shape index (κ1) is 18.1. The van der Waals surface area contributed by atoms with E-state index in [4.69, 9.17) is 16.3 Å². The minimum atomic E-state index is -4.49. The Hall–Kier alpha value is -2.21. The van der Waals surface area contributed by atoms with Crippen LogP contribution in [0.4, 0.5) is 18.9 Å². The van der Waals surface area contributed by atoms with E-state index in [2.05, 4.69) is 5.32 Å². The molecule has 0 aliphatic heterocycles. The first-order valence-electron chi connectivity index (χ1n) is 7.09. The number of carbonyl (C=O) groups excluding carboxylic acids is 1. The van der Waals surface area contributed by atoms with E-state index in [1.807, 2.05) is 12.1 Å².